The highest BCUT2D eigenvalue weighted by atomic mass is 16.3. The molecular formula is C13H22N2O. The van der Waals surface area contributed by atoms with E-state index in [2.05, 4.69) is 5.43 Å². The lowest BCUT2D eigenvalue weighted by Gasteiger charge is -2.23. The zero-order valence-corrected chi connectivity index (χ0v) is 9.82. The summed E-state index contributed by atoms with van der Waals surface area (Å²) in [5.74, 6) is 7.43. The Morgan fingerprint density at radius 3 is 2.81 bits per heavy atom. The summed E-state index contributed by atoms with van der Waals surface area (Å²) in [7, 11) is 0. The van der Waals surface area contributed by atoms with Gasteiger partial charge in [0, 0.05) is 0 Å². The van der Waals surface area contributed by atoms with Crippen molar-refractivity contribution in [3.05, 3.63) is 24.2 Å². The van der Waals surface area contributed by atoms with Crippen molar-refractivity contribution in [3.63, 3.8) is 0 Å². The van der Waals surface area contributed by atoms with Gasteiger partial charge in [0.15, 0.2) is 0 Å². The second-order valence-corrected chi connectivity index (χ2v) is 4.82. The van der Waals surface area contributed by atoms with Crippen LogP contribution >= 0.6 is 0 Å². The molecule has 1 saturated carbocycles. The minimum absolute atomic E-state index is 0.178. The lowest BCUT2D eigenvalue weighted by Crippen LogP contribution is -2.28. The van der Waals surface area contributed by atoms with E-state index in [1.165, 1.54) is 38.5 Å². The van der Waals surface area contributed by atoms with Gasteiger partial charge in [-0.25, -0.2) is 5.43 Å². The normalized spacial score (nSPS) is 19.8. The molecule has 1 atom stereocenters. The van der Waals surface area contributed by atoms with Crippen LogP contribution in [0.5, 0.6) is 0 Å². The number of hydrogen-bond acceptors (Lipinski definition) is 3. The number of furan rings is 1. The Bertz CT molecular complexity index is 278. The fourth-order valence-corrected chi connectivity index (χ4v) is 2.68. The van der Waals surface area contributed by atoms with Crippen molar-refractivity contribution in [2.45, 2.75) is 51.0 Å². The molecule has 0 spiro atoms. The molecule has 2 rings (SSSR count). The maximum atomic E-state index is 5.57. The van der Waals surface area contributed by atoms with E-state index >= 15 is 0 Å². The van der Waals surface area contributed by atoms with E-state index in [0.29, 0.717) is 0 Å². The Labute approximate surface area is 97.4 Å². The third-order valence-corrected chi connectivity index (χ3v) is 3.68. The van der Waals surface area contributed by atoms with Crippen molar-refractivity contribution in [1.29, 1.82) is 0 Å². The van der Waals surface area contributed by atoms with Crippen LogP contribution in [0.25, 0.3) is 0 Å². The van der Waals surface area contributed by atoms with Crippen LogP contribution in [0.3, 0.4) is 0 Å². The minimum atomic E-state index is 0.178. The third-order valence-electron chi connectivity index (χ3n) is 3.68. The molecule has 16 heavy (non-hydrogen) atoms. The molecule has 1 heterocycles. The van der Waals surface area contributed by atoms with Gasteiger partial charge in [-0.15, -0.1) is 0 Å². The summed E-state index contributed by atoms with van der Waals surface area (Å²) in [5, 5.41) is 0. The lowest BCUT2D eigenvalue weighted by atomic mass is 9.85. The predicted molar refractivity (Wildman–Crippen MR) is 64.6 cm³/mol. The summed E-state index contributed by atoms with van der Waals surface area (Å²) in [6, 6.07) is 4.09. The van der Waals surface area contributed by atoms with Crippen LogP contribution in [0.1, 0.15) is 56.7 Å². The highest BCUT2D eigenvalue weighted by Gasteiger charge is 2.17. The first kappa shape index (κ1) is 11.7. The van der Waals surface area contributed by atoms with Crippen LogP contribution in [0.2, 0.25) is 0 Å². The zero-order chi connectivity index (χ0) is 11.2. The van der Waals surface area contributed by atoms with E-state index in [-0.39, 0.29) is 6.04 Å². The number of nitrogens with one attached hydrogen (secondary N) is 1. The molecule has 3 heteroatoms. The molecule has 90 valence electrons. The summed E-state index contributed by atoms with van der Waals surface area (Å²) >= 11 is 0. The molecule has 0 aliphatic heterocycles. The lowest BCUT2D eigenvalue weighted by molar-refractivity contribution is 0.302. The van der Waals surface area contributed by atoms with Gasteiger partial charge in [-0.2, -0.15) is 0 Å². The van der Waals surface area contributed by atoms with Gasteiger partial charge >= 0.3 is 0 Å². The van der Waals surface area contributed by atoms with Crippen LogP contribution in [0.15, 0.2) is 22.8 Å². The summed E-state index contributed by atoms with van der Waals surface area (Å²) < 4.78 is 5.38. The van der Waals surface area contributed by atoms with Crippen LogP contribution in [0, 0.1) is 5.92 Å². The molecule has 3 nitrogen and oxygen atoms in total. The second-order valence-electron chi connectivity index (χ2n) is 4.82. The largest absolute Gasteiger partial charge is 0.468 e. The number of hydrogen-bond donors (Lipinski definition) is 2. The van der Waals surface area contributed by atoms with E-state index < -0.39 is 0 Å². The molecule has 1 aromatic heterocycles. The Morgan fingerprint density at radius 1 is 1.38 bits per heavy atom. The first-order valence-electron chi connectivity index (χ1n) is 6.39. The molecule has 1 aliphatic rings. The molecule has 0 saturated heterocycles. The first-order valence-corrected chi connectivity index (χ1v) is 6.39. The van der Waals surface area contributed by atoms with Crippen LogP contribution < -0.4 is 11.3 Å². The van der Waals surface area contributed by atoms with Crippen molar-refractivity contribution in [2.75, 3.05) is 0 Å². The predicted octanol–water partition coefficient (Wildman–Crippen LogP) is 3.14. The highest BCUT2D eigenvalue weighted by molar-refractivity contribution is 5.03. The summed E-state index contributed by atoms with van der Waals surface area (Å²) in [6.45, 7) is 0. The van der Waals surface area contributed by atoms with Crippen molar-refractivity contribution in [2.24, 2.45) is 11.8 Å². The molecule has 0 amide bonds. The summed E-state index contributed by atoms with van der Waals surface area (Å²) in [6.07, 6.45) is 11.1. The van der Waals surface area contributed by atoms with Crippen molar-refractivity contribution in [3.8, 4) is 0 Å². The molecular weight excluding hydrogens is 200 g/mol. The van der Waals surface area contributed by atoms with E-state index in [1.807, 2.05) is 12.1 Å². The Balaban J connectivity index is 1.78. The Kier molecular flexibility index (Phi) is 4.43. The quantitative estimate of drug-likeness (QED) is 0.594. The molecule has 0 aromatic carbocycles. The number of nitrogens with two attached hydrogens (primary N) is 1. The maximum absolute atomic E-state index is 5.57. The molecule has 1 aliphatic carbocycles. The van der Waals surface area contributed by atoms with Crippen LogP contribution in [0.4, 0.5) is 0 Å². The van der Waals surface area contributed by atoms with Crippen LogP contribution in [-0.2, 0) is 0 Å². The van der Waals surface area contributed by atoms with E-state index in [0.717, 1.165) is 18.1 Å². The molecule has 1 aromatic rings. The topological polar surface area (TPSA) is 51.2 Å². The van der Waals surface area contributed by atoms with Gasteiger partial charge in [0.2, 0.25) is 0 Å². The zero-order valence-electron chi connectivity index (χ0n) is 9.82. The standard InChI is InChI=1S/C13H22N2O/c14-15-12(13-7-4-10-16-13)9-8-11-5-2-1-3-6-11/h4,7,10-12,15H,1-3,5-6,8-9,14H2. The van der Waals surface area contributed by atoms with Gasteiger partial charge in [0.25, 0.3) is 0 Å². The molecule has 1 unspecified atom stereocenters. The van der Waals surface area contributed by atoms with Gasteiger partial charge in [-0.3, -0.25) is 5.84 Å². The fraction of sp³-hybridized carbons (Fsp3) is 0.692. The van der Waals surface area contributed by atoms with E-state index in [1.54, 1.807) is 6.26 Å². The van der Waals surface area contributed by atoms with Crippen molar-refractivity contribution >= 4 is 0 Å². The van der Waals surface area contributed by atoms with Crippen LogP contribution in [-0.4, -0.2) is 0 Å². The van der Waals surface area contributed by atoms with Crippen molar-refractivity contribution in [1.82, 2.24) is 5.43 Å². The third kappa shape index (κ3) is 3.09. The van der Waals surface area contributed by atoms with Gasteiger partial charge < -0.3 is 4.42 Å². The van der Waals surface area contributed by atoms with Gasteiger partial charge in [-0.1, -0.05) is 32.1 Å². The van der Waals surface area contributed by atoms with Gasteiger partial charge in [-0.05, 0) is 30.9 Å². The summed E-state index contributed by atoms with van der Waals surface area (Å²) in [4.78, 5) is 0. The fourth-order valence-electron chi connectivity index (χ4n) is 2.68. The monoisotopic (exact) mass is 222 g/mol. The summed E-state index contributed by atoms with van der Waals surface area (Å²) in [5.41, 5.74) is 2.85. The molecule has 3 N–H and O–H groups in total. The van der Waals surface area contributed by atoms with Gasteiger partial charge in [0.05, 0.1) is 12.3 Å². The smallest absolute Gasteiger partial charge is 0.122 e. The molecule has 0 bridgehead atoms. The molecule has 1 fully saturated rings. The number of hydrazine groups is 1. The Hall–Kier alpha value is -0.800. The number of rotatable bonds is 5. The SMILES string of the molecule is NNC(CCC1CCCCC1)c1ccco1. The molecule has 0 radical (unpaired) electrons. The second kappa shape index (κ2) is 6.06. The van der Waals surface area contributed by atoms with Crippen molar-refractivity contribution < 1.29 is 4.42 Å². The average Bonchev–Trinajstić information content (AvgIpc) is 2.85. The van der Waals surface area contributed by atoms with Gasteiger partial charge in [0.1, 0.15) is 5.76 Å². The van der Waals surface area contributed by atoms with E-state index in [9.17, 15) is 0 Å². The minimum Gasteiger partial charge on any atom is -0.468 e. The van der Waals surface area contributed by atoms with E-state index in [4.69, 9.17) is 10.3 Å². The average molecular weight is 222 g/mol. The Morgan fingerprint density at radius 2 is 2.19 bits per heavy atom. The highest BCUT2D eigenvalue weighted by Crippen LogP contribution is 2.30. The maximum Gasteiger partial charge on any atom is 0.122 e. The first-order chi connectivity index (χ1) is 7.90.